The molecule has 1 aliphatic heterocycles. The number of methoxy groups -OCH3 is 1. The molecule has 6 nitrogen and oxygen atoms in total. The van der Waals surface area contributed by atoms with Gasteiger partial charge in [-0.2, -0.15) is 5.10 Å². The van der Waals surface area contributed by atoms with E-state index in [4.69, 9.17) is 15.3 Å². The van der Waals surface area contributed by atoms with Crippen molar-refractivity contribution in [2.75, 3.05) is 20.3 Å². The average Bonchev–Trinajstić information content (AvgIpc) is 2.94. The number of ether oxygens (including phenoxy) is 2. The molecule has 1 atom stereocenters. The third kappa shape index (κ3) is 3.20. The fraction of sp³-hybridized carbons (Fsp3) is 0.786. The second kappa shape index (κ2) is 6.67. The molecule has 0 saturated carbocycles. The van der Waals surface area contributed by atoms with E-state index in [0.29, 0.717) is 19.3 Å². The number of rotatable bonds is 6. The van der Waals surface area contributed by atoms with E-state index in [9.17, 15) is 0 Å². The molecule has 0 amide bonds. The van der Waals surface area contributed by atoms with Gasteiger partial charge in [0.15, 0.2) is 0 Å². The van der Waals surface area contributed by atoms with Crippen LogP contribution in [0.3, 0.4) is 0 Å². The van der Waals surface area contributed by atoms with Crippen LogP contribution in [0.15, 0.2) is 12.3 Å². The van der Waals surface area contributed by atoms with Crippen molar-refractivity contribution in [3.63, 3.8) is 0 Å². The molecule has 2 rings (SSSR count). The highest BCUT2D eigenvalue weighted by atomic mass is 16.5. The topological polar surface area (TPSA) is 74.3 Å². The first-order valence-corrected chi connectivity index (χ1v) is 7.24. The van der Waals surface area contributed by atoms with Crippen LogP contribution >= 0.6 is 0 Å². The molecule has 3 N–H and O–H groups in total. The van der Waals surface area contributed by atoms with Gasteiger partial charge >= 0.3 is 0 Å². The maximum Gasteiger partial charge on any atom is 0.0891 e. The Morgan fingerprint density at radius 3 is 2.70 bits per heavy atom. The van der Waals surface area contributed by atoms with E-state index in [1.54, 1.807) is 7.11 Å². The lowest BCUT2D eigenvalue weighted by atomic mass is 9.84. The Morgan fingerprint density at radius 1 is 1.50 bits per heavy atom. The van der Waals surface area contributed by atoms with Gasteiger partial charge in [-0.15, -0.1) is 0 Å². The number of hydrazine groups is 1. The zero-order chi connectivity index (χ0) is 14.6. The van der Waals surface area contributed by atoms with Crippen LogP contribution in [0.1, 0.15) is 38.4 Å². The molecular weight excluding hydrogens is 256 g/mol. The predicted molar refractivity (Wildman–Crippen MR) is 77.2 cm³/mol. The lowest BCUT2D eigenvalue weighted by Gasteiger charge is -2.41. The van der Waals surface area contributed by atoms with Crippen LogP contribution in [0.4, 0.5) is 0 Å². The normalized spacial score (nSPS) is 20.2. The van der Waals surface area contributed by atoms with Crippen LogP contribution < -0.4 is 11.3 Å². The molecule has 0 aromatic carbocycles. The van der Waals surface area contributed by atoms with Crippen molar-refractivity contribution in [1.82, 2.24) is 15.2 Å². The second-order valence-corrected chi connectivity index (χ2v) is 5.69. The van der Waals surface area contributed by atoms with Gasteiger partial charge in [-0.1, -0.05) is 0 Å². The lowest BCUT2D eigenvalue weighted by molar-refractivity contribution is -0.110. The molecule has 0 spiro atoms. The van der Waals surface area contributed by atoms with Gasteiger partial charge in [0.05, 0.1) is 17.3 Å². The smallest absolute Gasteiger partial charge is 0.0891 e. The number of hydrogen-bond acceptors (Lipinski definition) is 5. The van der Waals surface area contributed by atoms with Crippen LogP contribution in [0.25, 0.3) is 0 Å². The number of hydrogen-bond donors (Lipinski definition) is 2. The summed E-state index contributed by atoms with van der Waals surface area (Å²) >= 11 is 0. The number of nitrogens with two attached hydrogens (primary N) is 1. The summed E-state index contributed by atoms with van der Waals surface area (Å²) in [6, 6.07) is 2.45. The Bertz CT molecular complexity index is 413. The first-order chi connectivity index (χ1) is 9.61. The molecule has 6 heteroatoms. The van der Waals surface area contributed by atoms with Crippen molar-refractivity contribution < 1.29 is 9.47 Å². The van der Waals surface area contributed by atoms with Crippen LogP contribution in [0.5, 0.6) is 0 Å². The second-order valence-electron chi connectivity index (χ2n) is 5.69. The molecular formula is C14H26N4O2. The monoisotopic (exact) mass is 282 g/mol. The van der Waals surface area contributed by atoms with Crippen molar-refractivity contribution in [3.8, 4) is 0 Å². The van der Waals surface area contributed by atoms with Gasteiger partial charge in [0, 0.05) is 51.8 Å². The Hall–Kier alpha value is -0.950. The van der Waals surface area contributed by atoms with Crippen LogP contribution in [-0.2, 0) is 15.9 Å². The van der Waals surface area contributed by atoms with Crippen molar-refractivity contribution >= 4 is 0 Å². The highest BCUT2D eigenvalue weighted by molar-refractivity contribution is 5.06. The maximum atomic E-state index is 5.80. The van der Waals surface area contributed by atoms with Gasteiger partial charge < -0.3 is 9.47 Å². The molecule has 20 heavy (non-hydrogen) atoms. The summed E-state index contributed by atoms with van der Waals surface area (Å²) in [4.78, 5) is 0. The van der Waals surface area contributed by atoms with E-state index in [2.05, 4.69) is 24.4 Å². The molecule has 1 aromatic rings. The summed E-state index contributed by atoms with van der Waals surface area (Å²) in [5.74, 6) is 5.77. The van der Waals surface area contributed by atoms with Crippen molar-refractivity contribution in [3.05, 3.63) is 18.0 Å². The fourth-order valence-corrected chi connectivity index (χ4v) is 2.79. The maximum absolute atomic E-state index is 5.80. The van der Waals surface area contributed by atoms with E-state index in [1.165, 1.54) is 0 Å². The molecule has 1 saturated heterocycles. The van der Waals surface area contributed by atoms with Gasteiger partial charge in [-0.05, 0) is 19.9 Å². The average molecular weight is 282 g/mol. The highest BCUT2D eigenvalue weighted by Crippen LogP contribution is 2.29. The Morgan fingerprint density at radius 2 is 2.20 bits per heavy atom. The summed E-state index contributed by atoms with van der Waals surface area (Å²) in [6.07, 6.45) is 4.47. The summed E-state index contributed by atoms with van der Waals surface area (Å²) in [7, 11) is 1.75. The number of aromatic nitrogens is 2. The zero-order valence-electron chi connectivity index (χ0n) is 12.6. The summed E-state index contributed by atoms with van der Waals surface area (Å²) < 4.78 is 13.2. The molecule has 0 aliphatic carbocycles. The minimum Gasteiger partial charge on any atom is -0.381 e. The molecule has 1 aliphatic rings. The minimum atomic E-state index is -0.269. The van der Waals surface area contributed by atoms with E-state index in [-0.39, 0.29) is 11.6 Å². The zero-order valence-corrected chi connectivity index (χ0v) is 12.6. The molecule has 1 unspecified atom stereocenters. The van der Waals surface area contributed by atoms with Crippen LogP contribution in [0, 0.1) is 0 Å². The summed E-state index contributed by atoms with van der Waals surface area (Å²) in [5, 5.41) is 4.59. The SMILES string of the molecule is COC1(C(Cc2ccn(C(C)C)n2)NN)CCOCC1. The fourth-order valence-electron chi connectivity index (χ4n) is 2.79. The Kier molecular flexibility index (Phi) is 5.15. The largest absolute Gasteiger partial charge is 0.381 e. The molecule has 2 heterocycles. The third-order valence-electron chi connectivity index (χ3n) is 4.19. The van der Waals surface area contributed by atoms with E-state index in [1.807, 2.05) is 16.9 Å². The Balaban J connectivity index is 2.10. The predicted octanol–water partition coefficient (Wildman–Crippen LogP) is 1.03. The summed E-state index contributed by atoms with van der Waals surface area (Å²) in [6.45, 7) is 5.66. The van der Waals surface area contributed by atoms with Gasteiger partial charge in [0.25, 0.3) is 0 Å². The van der Waals surface area contributed by atoms with Gasteiger partial charge in [0.1, 0.15) is 0 Å². The Labute approximate surface area is 120 Å². The van der Waals surface area contributed by atoms with E-state index in [0.717, 1.165) is 25.0 Å². The minimum absolute atomic E-state index is 0.0342. The molecule has 0 bridgehead atoms. The van der Waals surface area contributed by atoms with Crippen LogP contribution in [-0.4, -0.2) is 41.7 Å². The highest BCUT2D eigenvalue weighted by Gasteiger charge is 2.40. The standard InChI is InChI=1S/C14H26N4O2/c1-11(2)18-7-4-12(17-18)10-13(16-15)14(19-3)5-8-20-9-6-14/h4,7,11,13,16H,5-6,8-10,15H2,1-3H3. The molecule has 1 fully saturated rings. The molecule has 114 valence electrons. The number of nitrogens with one attached hydrogen (secondary N) is 1. The van der Waals surface area contributed by atoms with Crippen LogP contribution in [0.2, 0.25) is 0 Å². The van der Waals surface area contributed by atoms with Gasteiger partial charge in [-0.3, -0.25) is 16.0 Å². The van der Waals surface area contributed by atoms with Crippen molar-refractivity contribution in [2.45, 2.75) is 50.8 Å². The van der Waals surface area contributed by atoms with E-state index < -0.39 is 0 Å². The van der Waals surface area contributed by atoms with Crippen molar-refractivity contribution in [1.29, 1.82) is 0 Å². The first kappa shape index (κ1) is 15.4. The van der Waals surface area contributed by atoms with E-state index >= 15 is 0 Å². The van der Waals surface area contributed by atoms with Gasteiger partial charge in [0.2, 0.25) is 0 Å². The molecule has 1 aromatic heterocycles. The lowest BCUT2D eigenvalue weighted by Crippen LogP contribution is -2.58. The number of nitrogens with zero attached hydrogens (tertiary/aromatic N) is 2. The first-order valence-electron chi connectivity index (χ1n) is 7.24. The quantitative estimate of drug-likeness (QED) is 0.602. The van der Waals surface area contributed by atoms with Gasteiger partial charge in [-0.25, -0.2) is 0 Å². The third-order valence-corrected chi connectivity index (χ3v) is 4.19. The van der Waals surface area contributed by atoms with Crippen molar-refractivity contribution in [2.24, 2.45) is 5.84 Å². The molecule has 0 radical (unpaired) electrons. The summed E-state index contributed by atoms with van der Waals surface area (Å²) in [5.41, 5.74) is 3.68.